The third-order valence-corrected chi connectivity index (χ3v) is 6.63. The Bertz CT molecular complexity index is 980. The fraction of sp³-hybridized carbons (Fsp3) is 0.516. The Morgan fingerprint density at radius 1 is 0.842 bits per heavy atom. The van der Waals surface area contributed by atoms with Crippen LogP contribution in [0.15, 0.2) is 60.7 Å². The van der Waals surface area contributed by atoms with Gasteiger partial charge in [-0.25, -0.2) is 4.79 Å². The molecule has 0 saturated carbocycles. The van der Waals surface area contributed by atoms with Gasteiger partial charge in [0.1, 0.15) is 19.3 Å². The molecule has 0 saturated heterocycles. The van der Waals surface area contributed by atoms with Crippen LogP contribution in [0.2, 0.25) is 0 Å². The fourth-order valence-electron chi connectivity index (χ4n) is 3.93. The summed E-state index contributed by atoms with van der Waals surface area (Å²) in [7, 11) is 0. The maximum atomic E-state index is 12.8. The summed E-state index contributed by atoms with van der Waals surface area (Å²) in [5.74, 6) is 0.0863. The number of rotatable bonds is 16. The molecule has 0 aromatic heterocycles. The molecule has 0 aliphatic carbocycles. The molecule has 0 spiro atoms. The van der Waals surface area contributed by atoms with Crippen LogP contribution < -0.4 is 10.6 Å². The second kappa shape index (κ2) is 16.8. The molecule has 0 fully saturated rings. The average Bonchev–Trinajstić information content (AvgIpc) is 2.90. The van der Waals surface area contributed by atoms with Crippen molar-refractivity contribution in [3.63, 3.8) is 0 Å². The van der Waals surface area contributed by atoms with Crippen LogP contribution in [-0.4, -0.2) is 29.6 Å². The number of esters is 2. The lowest BCUT2D eigenvalue weighted by molar-refractivity contribution is -0.155. The molecule has 2 rings (SSSR count). The van der Waals surface area contributed by atoms with Crippen LogP contribution in [0.1, 0.15) is 77.3 Å². The molecule has 208 valence electrons. The number of carbonyl (C=O) groups is 2. The first-order chi connectivity index (χ1) is 18.2. The third-order valence-electron chi connectivity index (χ3n) is 6.37. The quantitative estimate of drug-likeness (QED) is 0.146. The Kier molecular flexibility index (Phi) is 13.8. The number of hydrogen-bond donors (Lipinski definition) is 2. The normalized spacial score (nSPS) is 12.0. The lowest BCUT2D eigenvalue weighted by atomic mass is 9.87. The zero-order valence-corrected chi connectivity index (χ0v) is 24.1. The van der Waals surface area contributed by atoms with Crippen LogP contribution in [0, 0.1) is 11.3 Å². The van der Waals surface area contributed by atoms with E-state index < -0.39 is 11.5 Å². The second-order valence-electron chi connectivity index (χ2n) is 10.8. The van der Waals surface area contributed by atoms with Gasteiger partial charge in [-0.2, -0.15) is 0 Å². The minimum absolute atomic E-state index is 0.190. The molecule has 0 radical (unpaired) electrons. The van der Waals surface area contributed by atoms with Crippen LogP contribution in [0.25, 0.3) is 0 Å². The monoisotopic (exact) mass is 540 g/mol. The predicted molar refractivity (Wildman–Crippen MR) is 156 cm³/mol. The molecular formula is C31H44N2O4S. The van der Waals surface area contributed by atoms with Gasteiger partial charge in [0, 0.05) is 6.54 Å². The van der Waals surface area contributed by atoms with E-state index in [4.69, 9.17) is 21.7 Å². The first-order valence-electron chi connectivity index (χ1n) is 13.6. The molecule has 6 nitrogen and oxygen atoms in total. The lowest BCUT2D eigenvalue weighted by Crippen LogP contribution is -2.46. The molecule has 2 N–H and O–H groups in total. The number of unbranched alkanes of at least 4 members (excludes halogenated alkanes) is 1. The van der Waals surface area contributed by atoms with Crippen LogP contribution in [-0.2, 0) is 32.3 Å². The summed E-state index contributed by atoms with van der Waals surface area (Å²) in [5.41, 5.74) is 1.38. The van der Waals surface area contributed by atoms with Gasteiger partial charge in [-0.05, 0) is 62.4 Å². The summed E-state index contributed by atoms with van der Waals surface area (Å²) in [6.45, 7) is 9.37. The Labute approximate surface area is 233 Å². The van der Waals surface area contributed by atoms with E-state index in [2.05, 4.69) is 24.5 Å². The van der Waals surface area contributed by atoms with Gasteiger partial charge in [0.2, 0.25) is 0 Å². The Morgan fingerprint density at radius 3 is 2.00 bits per heavy atom. The van der Waals surface area contributed by atoms with E-state index in [0.717, 1.165) is 36.8 Å². The minimum atomic E-state index is -0.558. The molecule has 0 bridgehead atoms. The number of benzene rings is 2. The Balaban J connectivity index is 1.72. The van der Waals surface area contributed by atoms with E-state index >= 15 is 0 Å². The molecule has 2 aromatic carbocycles. The van der Waals surface area contributed by atoms with Crippen LogP contribution in [0.4, 0.5) is 0 Å². The maximum absolute atomic E-state index is 12.8. The third kappa shape index (κ3) is 12.5. The second-order valence-corrected chi connectivity index (χ2v) is 11.2. The van der Waals surface area contributed by atoms with Crippen molar-refractivity contribution < 1.29 is 19.1 Å². The predicted octanol–water partition coefficient (Wildman–Crippen LogP) is 6.33. The van der Waals surface area contributed by atoms with Gasteiger partial charge in [0.05, 0.1) is 5.41 Å². The van der Waals surface area contributed by atoms with Crippen LogP contribution in [0.5, 0.6) is 0 Å². The highest BCUT2D eigenvalue weighted by Crippen LogP contribution is 2.25. The zero-order valence-electron chi connectivity index (χ0n) is 23.3. The summed E-state index contributed by atoms with van der Waals surface area (Å²) in [4.78, 5) is 25.4. The first kappa shape index (κ1) is 31.3. The number of hydrogen-bond acceptors (Lipinski definition) is 5. The Hall–Kier alpha value is -2.93. The van der Waals surface area contributed by atoms with Crippen molar-refractivity contribution in [2.75, 3.05) is 6.54 Å². The Morgan fingerprint density at radius 2 is 1.42 bits per heavy atom. The van der Waals surface area contributed by atoms with E-state index in [1.165, 1.54) is 0 Å². The van der Waals surface area contributed by atoms with Gasteiger partial charge in [-0.3, -0.25) is 4.79 Å². The van der Waals surface area contributed by atoms with E-state index in [1.54, 1.807) is 0 Å². The van der Waals surface area contributed by atoms with Crippen LogP contribution in [0.3, 0.4) is 0 Å². The van der Waals surface area contributed by atoms with Crippen molar-refractivity contribution in [1.82, 2.24) is 10.6 Å². The fourth-order valence-corrected chi connectivity index (χ4v) is 4.18. The van der Waals surface area contributed by atoms with Crippen LogP contribution >= 0.6 is 12.2 Å². The first-order valence-corrected chi connectivity index (χ1v) is 14.0. The SMILES string of the molecule is CC(C)CCC[C@H](NC(=S)NCCCCC(C)(C)C(=O)OCc1ccccc1)C(=O)OCc1ccccc1. The molecule has 0 amide bonds. The molecule has 0 unspecified atom stereocenters. The average molecular weight is 541 g/mol. The molecular weight excluding hydrogens is 496 g/mol. The number of thiocarbonyl (C=S) groups is 1. The highest BCUT2D eigenvalue weighted by Gasteiger charge is 2.28. The molecule has 0 aliphatic rings. The van der Waals surface area contributed by atoms with E-state index in [1.807, 2.05) is 74.5 Å². The zero-order chi connectivity index (χ0) is 27.8. The van der Waals surface area contributed by atoms with Gasteiger partial charge in [0.15, 0.2) is 5.11 Å². The van der Waals surface area contributed by atoms with Crippen molar-refractivity contribution in [3.8, 4) is 0 Å². The summed E-state index contributed by atoms with van der Waals surface area (Å²) >= 11 is 5.47. The van der Waals surface area contributed by atoms with Crippen molar-refractivity contribution in [3.05, 3.63) is 71.8 Å². The highest BCUT2D eigenvalue weighted by molar-refractivity contribution is 7.80. The molecule has 1 atom stereocenters. The summed E-state index contributed by atoms with van der Waals surface area (Å²) < 4.78 is 11.1. The summed E-state index contributed by atoms with van der Waals surface area (Å²) in [5, 5.41) is 6.80. The van der Waals surface area contributed by atoms with Gasteiger partial charge in [-0.15, -0.1) is 0 Å². The van der Waals surface area contributed by atoms with Gasteiger partial charge in [-0.1, -0.05) is 93.8 Å². The number of carbonyl (C=O) groups excluding carboxylic acids is 2. The van der Waals surface area contributed by atoms with Crippen molar-refractivity contribution in [1.29, 1.82) is 0 Å². The van der Waals surface area contributed by atoms with Gasteiger partial charge in [0.25, 0.3) is 0 Å². The van der Waals surface area contributed by atoms with E-state index in [9.17, 15) is 9.59 Å². The number of nitrogens with one attached hydrogen (secondary N) is 2. The highest BCUT2D eigenvalue weighted by atomic mass is 32.1. The standard InChI is InChI=1S/C31H44N2O4S/c1-24(2)14-13-19-27(28(34)36-22-25-15-7-5-8-16-25)33-30(38)32-21-12-11-20-31(3,4)29(35)37-23-26-17-9-6-10-18-26/h5-10,15-18,24,27H,11-14,19-23H2,1-4H3,(H2,32,33,38)/t27-/m0/s1. The largest absolute Gasteiger partial charge is 0.460 e. The van der Waals surface area contributed by atoms with Crippen molar-refractivity contribution >= 4 is 29.3 Å². The topological polar surface area (TPSA) is 76.7 Å². The smallest absolute Gasteiger partial charge is 0.328 e. The van der Waals surface area contributed by atoms with E-state index in [-0.39, 0.29) is 25.2 Å². The molecule has 0 aliphatic heterocycles. The van der Waals surface area contributed by atoms with Gasteiger partial charge >= 0.3 is 11.9 Å². The molecule has 38 heavy (non-hydrogen) atoms. The van der Waals surface area contributed by atoms with E-state index in [0.29, 0.717) is 30.4 Å². The molecule has 2 aromatic rings. The van der Waals surface area contributed by atoms with Gasteiger partial charge < -0.3 is 20.1 Å². The lowest BCUT2D eigenvalue weighted by Gasteiger charge is -2.23. The molecule has 0 heterocycles. The maximum Gasteiger partial charge on any atom is 0.328 e. The molecule has 7 heteroatoms. The number of ether oxygens (including phenoxy) is 2. The summed E-state index contributed by atoms with van der Waals surface area (Å²) in [6, 6.07) is 18.9. The minimum Gasteiger partial charge on any atom is -0.460 e. The van der Waals surface area contributed by atoms with Crippen molar-refractivity contribution in [2.45, 2.75) is 85.5 Å². The van der Waals surface area contributed by atoms with Crippen molar-refractivity contribution in [2.24, 2.45) is 11.3 Å². The summed E-state index contributed by atoms with van der Waals surface area (Å²) in [6.07, 6.45) is 5.01.